The van der Waals surface area contributed by atoms with Gasteiger partial charge in [0.1, 0.15) is 5.02 Å². The van der Waals surface area contributed by atoms with E-state index in [0.29, 0.717) is 17.3 Å². The van der Waals surface area contributed by atoms with Crippen LogP contribution in [-0.2, 0) is 9.84 Å². The van der Waals surface area contributed by atoms with Crippen LogP contribution >= 0.6 is 11.6 Å². The summed E-state index contributed by atoms with van der Waals surface area (Å²) < 4.78 is 28.0. The summed E-state index contributed by atoms with van der Waals surface area (Å²) in [4.78, 5) is 7.92. The van der Waals surface area contributed by atoms with Crippen LogP contribution in [0, 0.1) is 0 Å². The van der Waals surface area contributed by atoms with Gasteiger partial charge in [-0.3, -0.25) is 0 Å². The lowest BCUT2D eigenvalue weighted by atomic mass is 10.2. The minimum Gasteiger partial charge on any atom is -0.467 e. The van der Waals surface area contributed by atoms with Crippen LogP contribution in [0.15, 0.2) is 6.20 Å². The third-order valence-electron chi connectivity index (χ3n) is 2.71. The zero-order valence-electron chi connectivity index (χ0n) is 9.89. The van der Waals surface area contributed by atoms with E-state index < -0.39 is 9.84 Å². The highest BCUT2D eigenvalue weighted by Crippen LogP contribution is 2.23. The molecular weight excluding hydrogens is 278 g/mol. The summed E-state index contributed by atoms with van der Waals surface area (Å²) in [7, 11) is -1.50. The van der Waals surface area contributed by atoms with E-state index in [1.807, 2.05) is 0 Å². The van der Waals surface area contributed by atoms with Gasteiger partial charge in [0.15, 0.2) is 15.7 Å². The van der Waals surface area contributed by atoms with Crippen molar-refractivity contribution in [3.8, 4) is 6.01 Å². The molecule has 2 heterocycles. The molecule has 0 saturated carbocycles. The maximum atomic E-state index is 11.5. The highest BCUT2D eigenvalue weighted by molar-refractivity contribution is 7.91. The molecule has 0 aromatic carbocycles. The fourth-order valence-electron chi connectivity index (χ4n) is 1.88. The standard InChI is InChI=1S/C10H14ClN3O3S/c1-17-10-12-5-8(11)9(14-10)13-7-3-2-4-18(15,16)6-7/h5,7H,2-4,6H2,1H3,(H,12,13,14). The van der Waals surface area contributed by atoms with Crippen molar-refractivity contribution >= 4 is 27.3 Å². The third-order valence-corrected chi connectivity index (χ3v) is 4.81. The number of methoxy groups -OCH3 is 1. The molecule has 0 spiro atoms. The highest BCUT2D eigenvalue weighted by atomic mass is 35.5. The van der Waals surface area contributed by atoms with E-state index >= 15 is 0 Å². The number of halogens is 1. The quantitative estimate of drug-likeness (QED) is 0.899. The molecule has 1 N–H and O–H groups in total. The fraction of sp³-hybridized carbons (Fsp3) is 0.600. The number of nitrogens with one attached hydrogen (secondary N) is 1. The van der Waals surface area contributed by atoms with Gasteiger partial charge in [0.25, 0.3) is 0 Å². The zero-order valence-corrected chi connectivity index (χ0v) is 11.5. The Kier molecular flexibility index (Phi) is 3.91. The van der Waals surface area contributed by atoms with Gasteiger partial charge in [0, 0.05) is 6.04 Å². The predicted octanol–water partition coefficient (Wildman–Crippen LogP) is 1.13. The Morgan fingerprint density at radius 1 is 1.56 bits per heavy atom. The molecule has 1 fully saturated rings. The summed E-state index contributed by atoms with van der Waals surface area (Å²) in [5.41, 5.74) is 0. The summed E-state index contributed by atoms with van der Waals surface area (Å²) in [5.74, 6) is 0.771. The minimum absolute atomic E-state index is 0.107. The first-order valence-corrected chi connectivity index (χ1v) is 7.73. The van der Waals surface area contributed by atoms with Gasteiger partial charge >= 0.3 is 6.01 Å². The number of sulfone groups is 1. The number of hydrogen-bond acceptors (Lipinski definition) is 6. The summed E-state index contributed by atoms with van der Waals surface area (Å²) in [6, 6.07) is 0.0291. The Balaban J connectivity index is 2.13. The largest absolute Gasteiger partial charge is 0.467 e. The molecule has 1 aliphatic rings. The van der Waals surface area contributed by atoms with Crippen LogP contribution in [0.3, 0.4) is 0 Å². The van der Waals surface area contributed by atoms with Gasteiger partial charge in [-0.1, -0.05) is 11.6 Å². The van der Waals surface area contributed by atoms with Gasteiger partial charge in [0.05, 0.1) is 24.8 Å². The van der Waals surface area contributed by atoms with Crippen LogP contribution in [-0.4, -0.2) is 43.0 Å². The second-order valence-electron chi connectivity index (χ2n) is 4.15. The number of nitrogens with zero attached hydrogens (tertiary/aromatic N) is 2. The predicted molar refractivity (Wildman–Crippen MR) is 68.9 cm³/mol. The van der Waals surface area contributed by atoms with Crippen molar-refractivity contribution in [2.24, 2.45) is 0 Å². The molecule has 1 atom stereocenters. The molecule has 8 heteroatoms. The van der Waals surface area contributed by atoms with E-state index in [0.717, 1.165) is 6.42 Å². The number of anilines is 1. The van der Waals surface area contributed by atoms with Crippen molar-refractivity contribution in [1.29, 1.82) is 0 Å². The average Bonchev–Trinajstić information content (AvgIpc) is 2.31. The molecule has 18 heavy (non-hydrogen) atoms. The molecule has 1 unspecified atom stereocenters. The van der Waals surface area contributed by atoms with Crippen molar-refractivity contribution in [2.45, 2.75) is 18.9 Å². The van der Waals surface area contributed by atoms with Crippen LogP contribution in [0.1, 0.15) is 12.8 Å². The molecule has 0 aliphatic carbocycles. The van der Waals surface area contributed by atoms with E-state index in [1.165, 1.54) is 13.3 Å². The van der Waals surface area contributed by atoms with Crippen molar-refractivity contribution in [2.75, 3.05) is 23.9 Å². The molecule has 100 valence electrons. The molecule has 0 amide bonds. The lowest BCUT2D eigenvalue weighted by molar-refractivity contribution is 0.380. The zero-order chi connectivity index (χ0) is 13.2. The second-order valence-corrected chi connectivity index (χ2v) is 6.79. The van der Waals surface area contributed by atoms with Gasteiger partial charge in [-0.25, -0.2) is 13.4 Å². The molecule has 1 saturated heterocycles. The Labute approximate surface area is 111 Å². The monoisotopic (exact) mass is 291 g/mol. The summed E-state index contributed by atoms with van der Waals surface area (Å²) in [6.45, 7) is 0. The Hall–Kier alpha value is -1.08. The third kappa shape index (κ3) is 3.23. The molecule has 0 bridgehead atoms. The van der Waals surface area contributed by atoms with Gasteiger partial charge in [-0.2, -0.15) is 4.98 Å². The maximum absolute atomic E-state index is 11.5. The van der Waals surface area contributed by atoms with Crippen molar-refractivity contribution in [1.82, 2.24) is 9.97 Å². The van der Waals surface area contributed by atoms with Crippen LogP contribution in [0.4, 0.5) is 5.82 Å². The second kappa shape index (κ2) is 5.27. The molecule has 6 nitrogen and oxygen atoms in total. The van der Waals surface area contributed by atoms with Crippen molar-refractivity contribution in [3.63, 3.8) is 0 Å². The lowest BCUT2D eigenvalue weighted by Gasteiger charge is -2.23. The molecule has 0 radical (unpaired) electrons. The van der Waals surface area contributed by atoms with Crippen LogP contribution in [0.2, 0.25) is 5.02 Å². The fourth-order valence-corrected chi connectivity index (χ4v) is 3.66. The van der Waals surface area contributed by atoms with Gasteiger partial charge < -0.3 is 10.1 Å². The first kappa shape index (κ1) is 13.4. The first-order chi connectivity index (χ1) is 8.50. The minimum atomic E-state index is -2.96. The topological polar surface area (TPSA) is 81.2 Å². The van der Waals surface area contributed by atoms with Crippen molar-refractivity contribution in [3.05, 3.63) is 11.2 Å². The van der Waals surface area contributed by atoms with E-state index in [2.05, 4.69) is 15.3 Å². The van der Waals surface area contributed by atoms with Crippen LogP contribution in [0.25, 0.3) is 0 Å². The van der Waals surface area contributed by atoms with Gasteiger partial charge in [-0.15, -0.1) is 0 Å². The summed E-state index contributed by atoms with van der Waals surface area (Å²) in [5, 5.41) is 3.38. The number of aromatic nitrogens is 2. The van der Waals surface area contributed by atoms with E-state index in [9.17, 15) is 8.42 Å². The van der Waals surface area contributed by atoms with Gasteiger partial charge in [-0.05, 0) is 12.8 Å². The molecule has 2 rings (SSSR count). The molecule has 1 aromatic rings. The molecule has 1 aliphatic heterocycles. The first-order valence-electron chi connectivity index (χ1n) is 5.53. The molecular formula is C10H14ClN3O3S. The van der Waals surface area contributed by atoms with E-state index in [4.69, 9.17) is 16.3 Å². The van der Waals surface area contributed by atoms with Crippen LogP contribution in [0.5, 0.6) is 6.01 Å². The Morgan fingerprint density at radius 2 is 2.33 bits per heavy atom. The SMILES string of the molecule is COc1ncc(Cl)c(NC2CCCS(=O)(=O)C2)n1. The maximum Gasteiger partial charge on any atom is 0.318 e. The van der Waals surface area contributed by atoms with Gasteiger partial charge in [0.2, 0.25) is 0 Å². The molecule has 1 aromatic heterocycles. The smallest absolute Gasteiger partial charge is 0.318 e. The summed E-state index contributed by atoms with van der Waals surface area (Å²) in [6.07, 6.45) is 2.86. The van der Waals surface area contributed by atoms with E-state index in [-0.39, 0.29) is 23.6 Å². The average molecular weight is 292 g/mol. The highest BCUT2D eigenvalue weighted by Gasteiger charge is 2.25. The number of hydrogen-bond donors (Lipinski definition) is 1. The Morgan fingerprint density at radius 3 is 3.00 bits per heavy atom. The van der Waals surface area contributed by atoms with Crippen LogP contribution < -0.4 is 10.1 Å². The van der Waals surface area contributed by atoms with E-state index in [1.54, 1.807) is 0 Å². The Bertz CT molecular complexity index is 535. The lowest BCUT2D eigenvalue weighted by Crippen LogP contribution is -2.35. The van der Waals surface area contributed by atoms with Crippen molar-refractivity contribution < 1.29 is 13.2 Å². The number of rotatable bonds is 3. The normalized spacial score (nSPS) is 22.4. The summed E-state index contributed by atoms with van der Waals surface area (Å²) >= 11 is 5.95. The number of ether oxygens (including phenoxy) is 1.